The van der Waals surface area contributed by atoms with E-state index in [1.54, 1.807) is 14.2 Å². The van der Waals surface area contributed by atoms with Crippen LogP contribution in [0.15, 0.2) is 36.4 Å². The largest absolute Gasteiger partial charge is 0.496 e. The van der Waals surface area contributed by atoms with Gasteiger partial charge in [-0.15, -0.1) is 0 Å². The Balaban J connectivity index is 2.26. The Morgan fingerprint density at radius 1 is 0.952 bits per heavy atom. The third-order valence-corrected chi connectivity index (χ3v) is 3.26. The zero-order valence-electron chi connectivity index (χ0n) is 12.6. The molecule has 0 aliphatic heterocycles. The standard InChI is InChI=1S/C17H20O4/c1-12-7-8-15(19-2)14(9-12)11-21-17-13(10-18)5-4-6-16(17)20-3/h4-9,18H,10-11H2,1-3H3. The van der Waals surface area contributed by atoms with Gasteiger partial charge in [0.2, 0.25) is 0 Å². The highest BCUT2D eigenvalue weighted by Crippen LogP contribution is 2.32. The van der Waals surface area contributed by atoms with Crippen molar-refractivity contribution < 1.29 is 19.3 Å². The number of hydrogen-bond acceptors (Lipinski definition) is 4. The van der Waals surface area contributed by atoms with Crippen molar-refractivity contribution in [3.63, 3.8) is 0 Å². The van der Waals surface area contributed by atoms with Crippen molar-refractivity contribution in [1.29, 1.82) is 0 Å². The Bertz CT molecular complexity index is 585. The first kappa shape index (κ1) is 15.2. The van der Waals surface area contributed by atoms with Crippen molar-refractivity contribution in [2.24, 2.45) is 0 Å². The number of para-hydroxylation sites is 1. The Labute approximate surface area is 124 Å². The summed E-state index contributed by atoms with van der Waals surface area (Å²) in [7, 11) is 3.22. The predicted octanol–water partition coefficient (Wildman–Crippen LogP) is 3.08. The van der Waals surface area contributed by atoms with Gasteiger partial charge in [-0.05, 0) is 25.1 Å². The number of rotatable bonds is 6. The molecule has 0 bridgehead atoms. The molecule has 0 amide bonds. The maximum absolute atomic E-state index is 9.42. The van der Waals surface area contributed by atoms with Crippen molar-refractivity contribution in [2.75, 3.05) is 14.2 Å². The summed E-state index contributed by atoms with van der Waals surface area (Å²) in [4.78, 5) is 0. The average molecular weight is 288 g/mol. The van der Waals surface area contributed by atoms with Crippen LogP contribution in [-0.2, 0) is 13.2 Å². The molecule has 21 heavy (non-hydrogen) atoms. The average Bonchev–Trinajstić information content (AvgIpc) is 2.52. The second-order valence-electron chi connectivity index (χ2n) is 4.71. The number of methoxy groups -OCH3 is 2. The molecule has 0 aromatic heterocycles. The Hall–Kier alpha value is -2.20. The van der Waals surface area contributed by atoms with E-state index in [1.165, 1.54) is 0 Å². The second-order valence-corrected chi connectivity index (χ2v) is 4.71. The van der Waals surface area contributed by atoms with Gasteiger partial charge in [0.05, 0.1) is 20.8 Å². The zero-order valence-corrected chi connectivity index (χ0v) is 12.6. The van der Waals surface area contributed by atoms with Crippen LogP contribution in [0.4, 0.5) is 0 Å². The summed E-state index contributed by atoms with van der Waals surface area (Å²) in [6.07, 6.45) is 0. The molecule has 2 aromatic carbocycles. The van der Waals surface area contributed by atoms with E-state index in [0.717, 1.165) is 16.9 Å². The van der Waals surface area contributed by atoms with Gasteiger partial charge >= 0.3 is 0 Å². The Morgan fingerprint density at radius 2 is 1.71 bits per heavy atom. The first-order valence-electron chi connectivity index (χ1n) is 6.72. The number of aliphatic hydroxyl groups excluding tert-OH is 1. The van der Waals surface area contributed by atoms with Gasteiger partial charge < -0.3 is 19.3 Å². The lowest BCUT2D eigenvalue weighted by Crippen LogP contribution is -2.03. The molecule has 0 atom stereocenters. The van der Waals surface area contributed by atoms with Gasteiger partial charge in [-0.2, -0.15) is 0 Å². The van der Waals surface area contributed by atoms with Crippen molar-refractivity contribution in [3.8, 4) is 17.2 Å². The van der Waals surface area contributed by atoms with Crippen LogP contribution in [0.25, 0.3) is 0 Å². The molecule has 0 saturated heterocycles. The van der Waals surface area contributed by atoms with Crippen LogP contribution in [0.2, 0.25) is 0 Å². The van der Waals surface area contributed by atoms with Gasteiger partial charge in [0.15, 0.2) is 11.5 Å². The van der Waals surface area contributed by atoms with Crippen molar-refractivity contribution in [1.82, 2.24) is 0 Å². The fourth-order valence-electron chi connectivity index (χ4n) is 2.18. The van der Waals surface area contributed by atoms with E-state index in [0.29, 0.717) is 23.7 Å². The smallest absolute Gasteiger partial charge is 0.167 e. The quantitative estimate of drug-likeness (QED) is 0.887. The fraction of sp³-hybridized carbons (Fsp3) is 0.294. The summed E-state index contributed by atoms with van der Waals surface area (Å²) in [5.41, 5.74) is 2.78. The van der Waals surface area contributed by atoms with Crippen LogP contribution < -0.4 is 14.2 Å². The molecule has 0 aliphatic carbocycles. The van der Waals surface area contributed by atoms with Gasteiger partial charge in [0.25, 0.3) is 0 Å². The maximum Gasteiger partial charge on any atom is 0.167 e. The summed E-state index contributed by atoms with van der Waals surface area (Å²) in [6, 6.07) is 11.4. The fourth-order valence-corrected chi connectivity index (χ4v) is 2.18. The third-order valence-electron chi connectivity index (χ3n) is 3.26. The summed E-state index contributed by atoms with van der Waals surface area (Å²) in [5, 5.41) is 9.42. The van der Waals surface area contributed by atoms with Crippen molar-refractivity contribution >= 4 is 0 Å². The Morgan fingerprint density at radius 3 is 2.38 bits per heavy atom. The van der Waals surface area contributed by atoms with Crippen LogP contribution in [0.5, 0.6) is 17.2 Å². The molecular weight excluding hydrogens is 268 g/mol. The van der Waals surface area contributed by atoms with Crippen LogP contribution >= 0.6 is 0 Å². The normalized spacial score (nSPS) is 10.3. The monoisotopic (exact) mass is 288 g/mol. The number of aliphatic hydroxyl groups is 1. The highest BCUT2D eigenvalue weighted by Gasteiger charge is 2.11. The van der Waals surface area contributed by atoms with Crippen LogP contribution in [0.1, 0.15) is 16.7 Å². The van der Waals surface area contributed by atoms with E-state index >= 15 is 0 Å². The van der Waals surface area contributed by atoms with E-state index < -0.39 is 0 Å². The molecule has 0 radical (unpaired) electrons. The summed E-state index contributed by atoms with van der Waals surface area (Å²) in [6.45, 7) is 2.26. The molecule has 0 saturated carbocycles. The molecule has 0 fully saturated rings. The molecule has 4 heteroatoms. The minimum absolute atomic E-state index is 0.0997. The van der Waals surface area contributed by atoms with Crippen molar-refractivity contribution in [3.05, 3.63) is 53.1 Å². The molecule has 1 N–H and O–H groups in total. The Kier molecular flexibility index (Phi) is 5.06. The summed E-state index contributed by atoms with van der Waals surface area (Å²) >= 11 is 0. The number of ether oxygens (including phenoxy) is 3. The van der Waals surface area contributed by atoms with Gasteiger partial charge in [-0.3, -0.25) is 0 Å². The second kappa shape index (κ2) is 6.99. The van der Waals surface area contributed by atoms with E-state index in [2.05, 4.69) is 0 Å². The molecule has 0 unspecified atom stereocenters. The lowest BCUT2D eigenvalue weighted by atomic mass is 10.1. The molecular formula is C17H20O4. The minimum Gasteiger partial charge on any atom is -0.496 e. The molecule has 2 rings (SSSR count). The highest BCUT2D eigenvalue weighted by molar-refractivity contribution is 5.47. The number of aryl methyl sites for hydroxylation is 1. The number of hydrogen-bond donors (Lipinski definition) is 1. The van der Waals surface area contributed by atoms with E-state index in [1.807, 2.05) is 43.3 Å². The van der Waals surface area contributed by atoms with Crippen LogP contribution in [0.3, 0.4) is 0 Å². The van der Waals surface area contributed by atoms with Gasteiger partial charge in [0.1, 0.15) is 12.4 Å². The SMILES string of the molecule is COc1ccc(C)cc1COc1c(CO)cccc1OC. The maximum atomic E-state index is 9.42. The topological polar surface area (TPSA) is 47.9 Å². The van der Waals surface area contributed by atoms with E-state index in [-0.39, 0.29) is 6.61 Å². The van der Waals surface area contributed by atoms with E-state index in [4.69, 9.17) is 14.2 Å². The van der Waals surface area contributed by atoms with Gasteiger partial charge in [0, 0.05) is 11.1 Å². The molecule has 0 aliphatic rings. The lowest BCUT2D eigenvalue weighted by Gasteiger charge is -2.15. The molecule has 0 spiro atoms. The molecule has 112 valence electrons. The summed E-state index contributed by atoms with van der Waals surface area (Å²) < 4.78 is 16.5. The molecule has 2 aromatic rings. The first-order valence-corrected chi connectivity index (χ1v) is 6.72. The third kappa shape index (κ3) is 3.47. The first-order chi connectivity index (χ1) is 10.2. The van der Waals surface area contributed by atoms with Crippen LogP contribution in [-0.4, -0.2) is 19.3 Å². The highest BCUT2D eigenvalue weighted by atomic mass is 16.5. The zero-order chi connectivity index (χ0) is 15.2. The van der Waals surface area contributed by atoms with E-state index in [9.17, 15) is 5.11 Å². The van der Waals surface area contributed by atoms with Crippen LogP contribution in [0, 0.1) is 6.92 Å². The minimum atomic E-state index is -0.0997. The summed E-state index contributed by atoms with van der Waals surface area (Å²) in [5.74, 6) is 1.94. The predicted molar refractivity (Wildman–Crippen MR) is 81.0 cm³/mol. The number of benzene rings is 2. The van der Waals surface area contributed by atoms with Gasteiger partial charge in [-0.25, -0.2) is 0 Å². The lowest BCUT2D eigenvalue weighted by molar-refractivity contribution is 0.247. The van der Waals surface area contributed by atoms with Crippen molar-refractivity contribution in [2.45, 2.75) is 20.1 Å². The van der Waals surface area contributed by atoms with Gasteiger partial charge in [-0.1, -0.05) is 23.8 Å². The molecule has 0 heterocycles. The molecule has 4 nitrogen and oxygen atoms in total.